The van der Waals surface area contributed by atoms with E-state index < -0.39 is 0 Å². The number of allylic oxidation sites excluding steroid dienone is 1. The van der Waals surface area contributed by atoms with Crippen molar-refractivity contribution in [2.24, 2.45) is 0 Å². The summed E-state index contributed by atoms with van der Waals surface area (Å²) in [4.78, 5) is 11.8. The summed E-state index contributed by atoms with van der Waals surface area (Å²) in [5, 5.41) is 0. The number of benzene rings is 2. The Bertz CT molecular complexity index is 750. The monoisotopic (exact) mass is 314 g/mol. The average Bonchev–Trinajstić information content (AvgIpc) is 2.72. The molecule has 112 valence electrons. The van der Waals surface area contributed by atoms with Gasteiger partial charge in [-0.1, -0.05) is 30.3 Å². The Morgan fingerprint density at radius 1 is 1.27 bits per heavy atom. The predicted octanol–water partition coefficient (Wildman–Crippen LogP) is 4.04. The van der Waals surface area contributed by atoms with Crippen LogP contribution in [0.25, 0.3) is 5.57 Å². The summed E-state index contributed by atoms with van der Waals surface area (Å²) in [7, 11) is 1.37. The second-order valence-corrected chi connectivity index (χ2v) is 5.23. The normalized spacial score (nSPS) is 14.5. The van der Waals surface area contributed by atoms with Gasteiger partial charge in [0.2, 0.25) is 0 Å². The largest absolute Gasteiger partial charge is 0.488 e. The molecule has 1 heterocycles. The zero-order valence-electron chi connectivity index (χ0n) is 12.1. The number of ether oxygens (including phenoxy) is 2. The smallest absolute Gasteiger partial charge is 0.337 e. The van der Waals surface area contributed by atoms with Gasteiger partial charge in [0.15, 0.2) is 0 Å². The van der Waals surface area contributed by atoms with Crippen molar-refractivity contribution in [1.82, 2.24) is 0 Å². The van der Waals surface area contributed by atoms with E-state index in [1.54, 1.807) is 18.2 Å². The van der Waals surface area contributed by atoms with E-state index in [0.29, 0.717) is 18.1 Å². The average molecular weight is 315 g/mol. The van der Waals surface area contributed by atoms with Gasteiger partial charge < -0.3 is 9.47 Å². The van der Waals surface area contributed by atoms with Crippen molar-refractivity contribution >= 4 is 23.1 Å². The van der Waals surface area contributed by atoms with Crippen molar-refractivity contribution in [3.05, 3.63) is 70.8 Å². The van der Waals surface area contributed by atoms with Gasteiger partial charge in [-0.15, -0.1) is 11.6 Å². The lowest BCUT2D eigenvalue weighted by atomic mass is 9.93. The fourth-order valence-electron chi connectivity index (χ4n) is 2.62. The molecule has 0 spiro atoms. The van der Waals surface area contributed by atoms with Gasteiger partial charge in [0.25, 0.3) is 0 Å². The van der Waals surface area contributed by atoms with Crippen molar-refractivity contribution in [3.63, 3.8) is 0 Å². The van der Waals surface area contributed by atoms with Crippen LogP contribution in [0.3, 0.4) is 0 Å². The van der Waals surface area contributed by atoms with Crippen LogP contribution in [-0.2, 0) is 11.3 Å². The second-order valence-electron chi connectivity index (χ2n) is 4.92. The molecule has 2 aromatic rings. The van der Waals surface area contributed by atoms with Gasteiger partial charge in [0, 0.05) is 11.4 Å². The molecule has 4 heteroatoms. The number of rotatable bonds is 2. The number of hydrogen-bond acceptors (Lipinski definition) is 3. The number of methoxy groups -OCH3 is 1. The number of fused-ring (bicyclic) bond motifs is 2. The molecular formula is C18H15ClO3. The molecule has 22 heavy (non-hydrogen) atoms. The Balaban J connectivity index is 2.20. The first-order chi connectivity index (χ1) is 10.7. The molecule has 0 saturated heterocycles. The SMILES string of the molecule is COC(=O)c1ccc2c(c1)/C(=C/CCl)c1ccccc1CO2. The summed E-state index contributed by atoms with van der Waals surface area (Å²) in [6.07, 6.45) is 1.94. The molecule has 2 aromatic carbocycles. The molecule has 0 aromatic heterocycles. The summed E-state index contributed by atoms with van der Waals surface area (Å²) in [5.74, 6) is 0.747. The van der Waals surface area contributed by atoms with E-state index in [1.165, 1.54) is 7.11 Å². The summed E-state index contributed by atoms with van der Waals surface area (Å²) >= 11 is 5.94. The van der Waals surface area contributed by atoms with Gasteiger partial charge in [-0.05, 0) is 34.9 Å². The quantitative estimate of drug-likeness (QED) is 0.620. The van der Waals surface area contributed by atoms with E-state index in [2.05, 4.69) is 0 Å². The number of carbonyl (C=O) groups is 1. The van der Waals surface area contributed by atoms with Crippen LogP contribution in [0.4, 0.5) is 0 Å². The van der Waals surface area contributed by atoms with Crippen LogP contribution < -0.4 is 4.74 Å². The van der Waals surface area contributed by atoms with E-state index in [-0.39, 0.29) is 5.97 Å². The molecule has 1 aliphatic heterocycles. The van der Waals surface area contributed by atoms with Crippen molar-refractivity contribution in [1.29, 1.82) is 0 Å². The van der Waals surface area contributed by atoms with Crippen molar-refractivity contribution < 1.29 is 14.3 Å². The fraction of sp³-hybridized carbons (Fsp3) is 0.167. The number of halogens is 1. The molecule has 0 amide bonds. The van der Waals surface area contributed by atoms with Gasteiger partial charge in [0.1, 0.15) is 12.4 Å². The van der Waals surface area contributed by atoms with E-state index in [9.17, 15) is 4.79 Å². The summed E-state index contributed by atoms with van der Waals surface area (Å²) in [5.41, 5.74) is 4.49. The third-order valence-corrected chi connectivity index (χ3v) is 3.82. The highest BCUT2D eigenvalue weighted by Crippen LogP contribution is 2.37. The molecule has 0 aliphatic carbocycles. The number of hydrogen-bond donors (Lipinski definition) is 0. The molecule has 0 saturated carbocycles. The molecule has 0 fully saturated rings. The van der Waals surface area contributed by atoms with Crippen LogP contribution in [-0.4, -0.2) is 19.0 Å². The van der Waals surface area contributed by atoms with Gasteiger partial charge in [-0.2, -0.15) is 0 Å². The van der Waals surface area contributed by atoms with Crippen LogP contribution in [0.2, 0.25) is 0 Å². The summed E-state index contributed by atoms with van der Waals surface area (Å²) < 4.78 is 10.7. The molecule has 0 atom stereocenters. The molecule has 0 radical (unpaired) electrons. The van der Waals surface area contributed by atoms with Crippen LogP contribution in [0.15, 0.2) is 48.5 Å². The molecule has 0 unspecified atom stereocenters. The van der Waals surface area contributed by atoms with Crippen LogP contribution >= 0.6 is 11.6 Å². The Morgan fingerprint density at radius 2 is 2.09 bits per heavy atom. The van der Waals surface area contributed by atoms with E-state index in [0.717, 1.165) is 28.0 Å². The lowest BCUT2D eigenvalue weighted by Crippen LogP contribution is -2.02. The minimum absolute atomic E-state index is 0.370. The lowest BCUT2D eigenvalue weighted by molar-refractivity contribution is 0.0600. The molecular weight excluding hydrogens is 300 g/mol. The predicted molar refractivity (Wildman–Crippen MR) is 86.4 cm³/mol. The zero-order chi connectivity index (χ0) is 15.5. The van der Waals surface area contributed by atoms with Gasteiger partial charge in [-0.3, -0.25) is 0 Å². The fourth-order valence-corrected chi connectivity index (χ4v) is 2.77. The first-order valence-electron chi connectivity index (χ1n) is 6.94. The third kappa shape index (κ3) is 2.60. The lowest BCUT2D eigenvalue weighted by Gasteiger charge is -2.11. The highest BCUT2D eigenvalue weighted by atomic mass is 35.5. The Kier molecular flexibility index (Phi) is 4.16. The Hall–Kier alpha value is -2.26. The maximum Gasteiger partial charge on any atom is 0.337 e. The molecule has 3 rings (SSSR count). The van der Waals surface area contributed by atoms with Crippen molar-refractivity contribution in [2.45, 2.75) is 6.61 Å². The first kappa shape index (κ1) is 14.7. The standard InChI is InChI=1S/C18H15ClO3/c1-21-18(20)12-6-7-17-16(10-12)15(8-9-19)14-5-3-2-4-13(14)11-22-17/h2-8,10H,9,11H2,1H3/b15-8+. The first-order valence-corrected chi connectivity index (χ1v) is 7.48. The zero-order valence-corrected chi connectivity index (χ0v) is 12.9. The Morgan fingerprint density at radius 3 is 2.86 bits per heavy atom. The van der Waals surface area contributed by atoms with Crippen LogP contribution in [0, 0.1) is 0 Å². The van der Waals surface area contributed by atoms with E-state index in [1.807, 2.05) is 30.3 Å². The molecule has 1 aliphatic rings. The molecule has 3 nitrogen and oxygen atoms in total. The summed E-state index contributed by atoms with van der Waals surface area (Å²) in [6.45, 7) is 0.486. The topological polar surface area (TPSA) is 35.5 Å². The maximum atomic E-state index is 11.8. The van der Waals surface area contributed by atoms with E-state index >= 15 is 0 Å². The highest BCUT2D eigenvalue weighted by molar-refractivity contribution is 6.19. The second kappa shape index (κ2) is 6.24. The minimum atomic E-state index is -0.370. The third-order valence-electron chi connectivity index (χ3n) is 3.66. The maximum absolute atomic E-state index is 11.8. The molecule has 0 N–H and O–H groups in total. The van der Waals surface area contributed by atoms with Gasteiger partial charge >= 0.3 is 5.97 Å². The van der Waals surface area contributed by atoms with Gasteiger partial charge in [-0.25, -0.2) is 4.79 Å². The minimum Gasteiger partial charge on any atom is -0.488 e. The highest BCUT2D eigenvalue weighted by Gasteiger charge is 2.20. The van der Waals surface area contributed by atoms with Crippen molar-refractivity contribution in [2.75, 3.05) is 13.0 Å². The summed E-state index contributed by atoms with van der Waals surface area (Å²) in [6, 6.07) is 13.3. The number of esters is 1. The number of alkyl halides is 1. The van der Waals surface area contributed by atoms with Crippen molar-refractivity contribution in [3.8, 4) is 5.75 Å². The molecule has 0 bridgehead atoms. The van der Waals surface area contributed by atoms with Gasteiger partial charge in [0.05, 0.1) is 12.7 Å². The van der Waals surface area contributed by atoms with E-state index in [4.69, 9.17) is 21.1 Å². The van der Waals surface area contributed by atoms with Crippen LogP contribution in [0.5, 0.6) is 5.75 Å². The Labute approximate surface area is 134 Å². The number of carbonyl (C=O) groups excluding carboxylic acids is 1. The van der Waals surface area contributed by atoms with Crippen LogP contribution in [0.1, 0.15) is 27.0 Å².